The molecule has 1 atom stereocenters. The van der Waals surface area contributed by atoms with Gasteiger partial charge in [-0.25, -0.2) is 0 Å². The third kappa shape index (κ3) is 1.76. The van der Waals surface area contributed by atoms with Crippen LogP contribution in [-0.4, -0.2) is 12.6 Å². The van der Waals surface area contributed by atoms with Gasteiger partial charge in [-0.15, -0.1) is 0 Å². The lowest BCUT2D eigenvalue weighted by atomic mass is 9.81. The Kier molecular flexibility index (Phi) is 2.92. The molecule has 0 aromatic carbocycles. The van der Waals surface area contributed by atoms with E-state index in [1.807, 2.05) is 0 Å². The van der Waals surface area contributed by atoms with Crippen LogP contribution in [0.3, 0.4) is 0 Å². The van der Waals surface area contributed by atoms with E-state index >= 15 is 0 Å². The minimum absolute atomic E-state index is 0.745. The molecule has 76 valence electrons. The molecule has 0 radical (unpaired) electrons. The molecule has 1 unspecified atom stereocenters. The Morgan fingerprint density at radius 3 is 2.54 bits per heavy atom. The molecule has 13 heavy (non-hydrogen) atoms. The third-order valence-corrected chi connectivity index (χ3v) is 4.15. The van der Waals surface area contributed by atoms with Gasteiger partial charge in [0.1, 0.15) is 0 Å². The molecule has 2 rings (SSSR count). The lowest BCUT2D eigenvalue weighted by molar-refractivity contribution is 0.232. The van der Waals surface area contributed by atoms with Gasteiger partial charge in [0.15, 0.2) is 0 Å². The topological polar surface area (TPSA) is 12.0 Å². The highest BCUT2D eigenvalue weighted by Crippen LogP contribution is 2.50. The van der Waals surface area contributed by atoms with E-state index in [1.165, 1.54) is 57.9 Å². The van der Waals surface area contributed by atoms with Crippen molar-refractivity contribution < 1.29 is 0 Å². The molecule has 1 spiro atoms. The molecule has 1 nitrogen and oxygen atoms in total. The molecule has 2 aliphatic carbocycles. The van der Waals surface area contributed by atoms with Gasteiger partial charge in [0.2, 0.25) is 0 Å². The lowest BCUT2D eigenvalue weighted by Gasteiger charge is -2.31. The summed E-state index contributed by atoms with van der Waals surface area (Å²) in [5.74, 6) is 0. The van der Waals surface area contributed by atoms with Gasteiger partial charge in [0, 0.05) is 6.04 Å². The molecule has 0 heterocycles. The van der Waals surface area contributed by atoms with Gasteiger partial charge in [0.05, 0.1) is 0 Å². The quantitative estimate of drug-likeness (QED) is 0.705. The summed E-state index contributed by atoms with van der Waals surface area (Å²) in [6.07, 6.45) is 11.7. The predicted octanol–water partition coefficient (Wildman–Crippen LogP) is 3.10. The van der Waals surface area contributed by atoms with Gasteiger partial charge in [-0.2, -0.15) is 0 Å². The van der Waals surface area contributed by atoms with Crippen LogP contribution in [0.1, 0.15) is 58.3 Å². The van der Waals surface area contributed by atoms with Crippen LogP contribution in [0.25, 0.3) is 0 Å². The molecule has 0 bridgehead atoms. The summed E-state index contributed by atoms with van der Waals surface area (Å²) in [6, 6.07) is 0.870. The smallest absolute Gasteiger partial charge is 0.0123 e. The predicted molar refractivity (Wildman–Crippen MR) is 56.8 cm³/mol. The monoisotopic (exact) mass is 181 g/mol. The zero-order chi connectivity index (χ0) is 9.15. The Balaban J connectivity index is 1.93. The molecule has 2 saturated carbocycles. The third-order valence-electron chi connectivity index (χ3n) is 4.15. The van der Waals surface area contributed by atoms with Crippen LogP contribution < -0.4 is 5.32 Å². The highest BCUT2D eigenvalue weighted by atomic mass is 14.9. The van der Waals surface area contributed by atoms with Gasteiger partial charge in [-0.3, -0.25) is 0 Å². The van der Waals surface area contributed by atoms with E-state index < -0.39 is 0 Å². The maximum absolute atomic E-state index is 3.76. The maximum atomic E-state index is 3.76. The van der Waals surface area contributed by atoms with Gasteiger partial charge in [-0.1, -0.05) is 26.2 Å². The molecular formula is C12H23N. The molecule has 2 aliphatic rings. The first-order valence-corrected chi connectivity index (χ1v) is 6.11. The van der Waals surface area contributed by atoms with Crippen molar-refractivity contribution in [2.45, 2.75) is 64.3 Å². The van der Waals surface area contributed by atoms with E-state index in [4.69, 9.17) is 0 Å². The van der Waals surface area contributed by atoms with Crippen LogP contribution in [0.15, 0.2) is 0 Å². The average molecular weight is 181 g/mol. The van der Waals surface area contributed by atoms with E-state index in [2.05, 4.69) is 12.2 Å². The van der Waals surface area contributed by atoms with Crippen LogP contribution in [0.2, 0.25) is 0 Å². The molecule has 1 N–H and O–H groups in total. The molecule has 1 heteroatoms. The van der Waals surface area contributed by atoms with Crippen molar-refractivity contribution in [3.63, 3.8) is 0 Å². The van der Waals surface area contributed by atoms with Crippen LogP contribution in [0.4, 0.5) is 0 Å². The van der Waals surface area contributed by atoms with Crippen molar-refractivity contribution in [1.82, 2.24) is 5.32 Å². The number of hydrogen-bond donors (Lipinski definition) is 1. The van der Waals surface area contributed by atoms with E-state index in [-0.39, 0.29) is 0 Å². The second-order valence-corrected chi connectivity index (χ2v) is 4.97. The fourth-order valence-corrected chi connectivity index (χ4v) is 3.45. The summed E-state index contributed by atoms with van der Waals surface area (Å²) in [5.41, 5.74) is 0.745. The first-order valence-electron chi connectivity index (χ1n) is 6.11. The molecule has 0 saturated heterocycles. The molecule has 0 aliphatic heterocycles. The standard InChI is InChI=1S/C12H23N/c1-2-10-13-11-6-5-9-12(11)7-3-4-8-12/h11,13H,2-10H2,1H3. The molecule has 2 fully saturated rings. The van der Waals surface area contributed by atoms with Crippen LogP contribution in [0.5, 0.6) is 0 Å². The Morgan fingerprint density at radius 2 is 1.85 bits per heavy atom. The highest BCUT2D eigenvalue weighted by Gasteiger charge is 2.43. The normalized spacial score (nSPS) is 31.6. The zero-order valence-corrected chi connectivity index (χ0v) is 8.94. The number of rotatable bonds is 3. The van der Waals surface area contributed by atoms with Crippen LogP contribution in [0, 0.1) is 5.41 Å². The zero-order valence-electron chi connectivity index (χ0n) is 8.94. The van der Waals surface area contributed by atoms with Crippen LogP contribution in [-0.2, 0) is 0 Å². The maximum Gasteiger partial charge on any atom is 0.0123 e. The van der Waals surface area contributed by atoms with Gasteiger partial charge in [0.25, 0.3) is 0 Å². The Morgan fingerprint density at radius 1 is 1.15 bits per heavy atom. The minimum atomic E-state index is 0.745. The fourth-order valence-electron chi connectivity index (χ4n) is 3.45. The number of nitrogens with one attached hydrogen (secondary N) is 1. The summed E-state index contributed by atoms with van der Waals surface area (Å²) in [4.78, 5) is 0. The van der Waals surface area contributed by atoms with E-state index in [1.54, 1.807) is 0 Å². The Hall–Kier alpha value is -0.0400. The van der Waals surface area contributed by atoms with E-state index in [0.29, 0.717) is 0 Å². The minimum Gasteiger partial charge on any atom is -0.313 e. The first-order chi connectivity index (χ1) is 6.37. The van der Waals surface area contributed by atoms with Gasteiger partial charge >= 0.3 is 0 Å². The van der Waals surface area contributed by atoms with Crippen LogP contribution >= 0.6 is 0 Å². The SMILES string of the molecule is CCCNC1CCCC12CCCC2. The fraction of sp³-hybridized carbons (Fsp3) is 1.00. The van der Waals surface area contributed by atoms with E-state index in [0.717, 1.165) is 11.5 Å². The van der Waals surface area contributed by atoms with Crippen molar-refractivity contribution in [3.05, 3.63) is 0 Å². The van der Waals surface area contributed by atoms with Gasteiger partial charge < -0.3 is 5.32 Å². The molecule has 0 amide bonds. The van der Waals surface area contributed by atoms with Crippen molar-refractivity contribution in [3.8, 4) is 0 Å². The molecule has 0 aromatic rings. The van der Waals surface area contributed by atoms with Gasteiger partial charge in [-0.05, 0) is 44.1 Å². The summed E-state index contributed by atoms with van der Waals surface area (Å²) >= 11 is 0. The summed E-state index contributed by atoms with van der Waals surface area (Å²) in [6.45, 7) is 3.50. The largest absolute Gasteiger partial charge is 0.313 e. The molecular weight excluding hydrogens is 158 g/mol. The molecule has 0 aromatic heterocycles. The lowest BCUT2D eigenvalue weighted by Crippen LogP contribution is -2.40. The van der Waals surface area contributed by atoms with Crippen molar-refractivity contribution in [2.24, 2.45) is 5.41 Å². The second kappa shape index (κ2) is 4.00. The Bertz CT molecular complexity index is 153. The first kappa shape index (κ1) is 9.51. The van der Waals surface area contributed by atoms with Crippen molar-refractivity contribution >= 4 is 0 Å². The van der Waals surface area contributed by atoms with Crippen molar-refractivity contribution in [1.29, 1.82) is 0 Å². The summed E-state index contributed by atoms with van der Waals surface area (Å²) in [7, 11) is 0. The Labute approximate surface area is 82.3 Å². The van der Waals surface area contributed by atoms with Crippen molar-refractivity contribution in [2.75, 3.05) is 6.54 Å². The average Bonchev–Trinajstić information content (AvgIpc) is 2.75. The second-order valence-electron chi connectivity index (χ2n) is 4.97. The summed E-state index contributed by atoms with van der Waals surface area (Å²) in [5, 5.41) is 3.76. The van der Waals surface area contributed by atoms with E-state index in [9.17, 15) is 0 Å². The highest BCUT2D eigenvalue weighted by molar-refractivity contribution is 4.98. The number of hydrogen-bond acceptors (Lipinski definition) is 1. The summed E-state index contributed by atoms with van der Waals surface area (Å²) < 4.78 is 0.